The van der Waals surface area contributed by atoms with Crippen LogP contribution in [0, 0.1) is 0 Å². The Hall–Kier alpha value is -0.640. The topological polar surface area (TPSA) is 3.24 Å². The summed E-state index contributed by atoms with van der Waals surface area (Å²) in [6, 6.07) is 18.1. The quantitative estimate of drug-likeness (QED) is 0.720. The summed E-state index contributed by atoms with van der Waals surface area (Å²) < 4.78 is 2.27. The Kier molecular flexibility index (Phi) is 3.78. The van der Waals surface area contributed by atoms with E-state index in [1.165, 1.54) is 17.5 Å². The molecule has 1 fully saturated rings. The van der Waals surface area contributed by atoms with Crippen molar-refractivity contribution in [2.75, 3.05) is 14.1 Å². The molecule has 0 saturated heterocycles. The van der Waals surface area contributed by atoms with Crippen molar-refractivity contribution < 1.29 is 0 Å². The van der Waals surface area contributed by atoms with E-state index in [0.29, 0.717) is 6.04 Å². The van der Waals surface area contributed by atoms with Crippen LogP contribution < -0.4 is 0 Å². The van der Waals surface area contributed by atoms with Crippen LogP contribution in [0.1, 0.15) is 17.5 Å². The van der Waals surface area contributed by atoms with Crippen molar-refractivity contribution in [2.24, 2.45) is 0 Å². The summed E-state index contributed by atoms with van der Waals surface area (Å²) in [6.45, 7) is 0. The summed E-state index contributed by atoms with van der Waals surface area (Å²) in [7, 11) is 4.34. The lowest BCUT2D eigenvalue weighted by molar-refractivity contribution is 0.374. The predicted molar refractivity (Wildman–Crippen MR) is 91.2 cm³/mol. The zero-order valence-electron chi connectivity index (χ0n) is 11.6. The molecule has 1 atom stereocenters. The molecule has 1 nitrogen and oxygen atoms in total. The highest BCUT2D eigenvalue weighted by atomic mass is 79.9. The summed E-state index contributed by atoms with van der Waals surface area (Å²) >= 11 is 7.05. The average molecular weight is 395 g/mol. The van der Waals surface area contributed by atoms with E-state index >= 15 is 0 Å². The van der Waals surface area contributed by atoms with Crippen LogP contribution in [0.25, 0.3) is 0 Å². The van der Waals surface area contributed by atoms with Crippen molar-refractivity contribution in [3.63, 3.8) is 0 Å². The van der Waals surface area contributed by atoms with E-state index < -0.39 is 0 Å². The minimum Gasteiger partial charge on any atom is -0.305 e. The number of hydrogen-bond donors (Lipinski definition) is 0. The van der Waals surface area contributed by atoms with Crippen molar-refractivity contribution in [3.8, 4) is 0 Å². The first kappa shape index (κ1) is 14.3. The highest BCUT2D eigenvalue weighted by Crippen LogP contribution is 2.55. The zero-order valence-corrected chi connectivity index (χ0v) is 14.8. The third-order valence-corrected chi connectivity index (χ3v) is 5.32. The van der Waals surface area contributed by atoms with Gasteiger partial charge in [0.1, 0.15) is 0 Å². The second-order valence-corrected chi connectivity index (χ2v) is 7.50. The van der Waals surface area contributed by atoms with E-state index in [-0.39, 0.29) is 5.41 Å². The maximum absolute atomic E-state index is 3.53. The Bertz CT molecular complexity index is 556. The smallest absolute Gasteiger partial charge is 0.0373 e. The van der Waals surface area contributed by atoms with Gasteiger partial charge in [0, 0.05) is 20.4 Å². The normalized spacial score (nSPS) is 20.1. The molecule has 0 N–H and O–H groups in total. The number of nitrogens with zero attached hydrogens (tertiary/aromatic N) is 1. The lowest BCUT2D eigenvalue weighted by Gasteiger charge is -2.22. The Morgan fingerprint density at radius 3 is 1.55 bits per heavy atom. The van der Waals surface area contributed by atoms with Crippen LogP contribution in [0.5, 0.6) is 0 Å². The maximum atomic E-state index is 3.53. The van der Waals surface area contributed by atoms with Gasteiger partial charge in [0.15, 0.2) is 0 Å². The fourth-order valence-corrected chi connectivity index (χ4v) is 3.68. The van der Waals surface area contributed by atoms with Gasteiger partial charge < -0.3 is 4.90 Å². The summed E-state index contributed by atoms with van der Waals surface area (Å²) in [4.78, 5) is 2.34. The van der Waals surface area contributed by atoms with Gasteiger partial charge in [-0.1, -0.05) is 56.1 Å². The predicted octanol–water partition coefficient (Wildman–Crippen LogP) is 4.83. The molecule has 104 valence electrons. The molecule has 0 bridgehead atoms. The van der Waals surface area contributed by atoms with E-state index in [0.717, 1.165) is 8.95 Å². The first-order chi connectivity index (χ1) is 9.54. The van der Waals surface area contributed by atoms with E-state index in [1.807, 2.05) is 0 Å². The molecule has 0 radical (unpaired) electrons. The Morgan fingerprint density at radius 2 is 1.25 bits per heavy atom. The molecule has 1 unspecified atom stereocenters. The monoisotopic (exact) mass is 393 g/mol. The van der Waals surface area contributed by atoms with Gasteiger partial charge >= 0.3 is 0 Å². The van der Waals surface area contributed by atoms with E-state index in [1.54, 1.807) is 0 Å². The fourth-order valence-electron chi connectivity index (χ4n) is 3.15. The van der Waals surface area contributed by atoms with Crippen LogP contribution in [0.15, 0.2) is 57.5 Å². The molecule has 0 amide bonds. The third kappa shape index (κ3) is 2.36. The first-order valence-electron chi connectivity index (χ1n) is 6.72. The van der Waals surface area contributed by atoms with Crippen LogP contribution in [-0.4, -0.2) is 25.0 Å². The minimum atomic E-state index is 0.144. The fraction of sp³-hybridized carbons (Fsp3) is 0.294. The van der Waals surface area contributed by atoms with Crippen molar-refractivity contribution >= 4 is 31.9 Å². The summed E-state index contributed by atoms with van der Waals surface area (Å²) in [6.07, 6.45) is 1.18. The van der Waals surface area contributed by atoms with Gasteiger partial charge in [-0.2, -0.15) is 0 Å². The number of rotatable bonds is 3. The molecule has 1 aliphatic carbocycles. The molecule has 0 heterocycles. The molecule has 3 rings (SSSR count). The van der Waals surface area contributed by atoms with E-state index in [4.69, 9.17) is 0 Å². The van der Waals surface area contributed by atoms with Crippen molar-refractivity contribution in [1.29, 1.82) is 0 Å². The standard InChI is InChI=1S/C17H17Br2N/c1-20(2)16-11-17(16,12-3-7-14(18)8-4-12)13-5-9-15(19)10-6-13/h3-10,16H,11H2,1-2H3. The number of likely N-dealkylation sites (N-methyl/N-ethyl adjacent to an activating group) is 1. The lowest BCUT2D eigenvalue weighted by atomic mass is 9.87. The van der Waals surface area contributed by atoms with Crippen LogP contribution >= 0.6 is 31.9 Å². The SMILES string of the molecule is CN(C)C1CC1(c1ccc(Br)cc1)c1ccc(Br)cc1. The highest BCUT2D eigenvalue weighted by Gasteiger charge is 2.57. The molecular formula is C17H17Br2N. The Labute approximate surface area is 137 Å². The molecule has 3 heteroatoms. The van der Waals surface area contributed by atoms with Gasteiger partial charge in [0.05, 0.1) is 0 Å². The summed E-state index contributed by atoms with van der Waals surface area (Å²) in [5.41, 5.74) is 2.95. The van der Waals surface area contributed by atoms with Gasteiger partial charge in [0.25, 0.3) is 0 Å². The number of benzene rings is 2. The van der Waals surface area contributed by atoms with Gasteiger partial charge in [-0.15, -0.1) is 0 Å². The highest BCUT2D eigenvalue weighted by molar-refractivity contribution is 9.10. The summed E-state index contributed by atoms with van der Waals surface area (Å²) in [5.74, 6) is 0. The van der Waals surface area contributed by atoms with Crippen molar-refractivity contribution in [2.45, 2.75) is 17.9 Å². The second kappa shape index (κ2) is 5.28. The van der Waals surface area contributed by atoms with Gasteiger partial charge in [-0.3, -0.25) is 0 Å². The first-order valence-corrected chi connectivity index (χ1v) is 8.31. The van der Waals surface area contributed by atoms with Gasteiger partial charge in [-0.25, -0.2) is 0 Å². The van der Waals surface area contributed by atoms with Crippen LogP contribution in [-0.2, 0) is 5.41 Å². The number of halogens is 2. The molecular weight excluding hydrogens is 378 g/mol. The van der Waals surface area contributed by atoms with E-state index in [9.17, 15) is 0 Å². The molecule has 0 aromatic heterocycles. The lowest BCUT2D eigenvalue weighted by Crippen LogP contribution is -2.25. The van der Waals surface area contributed by atoms with Crippen LogP contribution in [0.4, 0.5) is 0 Å². The molecule has 20 heavy (non-hydrogen) atoms. The molecule has 0 spiro atoms. The maximum Gasteiger partial charge on any atom is 0.0373 e. The van der Waals surface area contributed by atoms with Crippen molar-refractivity contribution in [1.82, 2.24) is 4.90 Å². The van der Waals surface area contributed by atoms with Crippen LogP contribution in [0.3, 0.4) is 0 Å². The molecule has 1 saturated carbocycles. The van der Waals surface area contributed by atoms with Crippen molar-refractivity contribution in [3.05, 3.63) is 68.6 Å². The third-order valence-electron chi connectivity index (χ3n) is 4.27. The molecule has 0 aliphatic heterocycles. The minimum absolute atomic E-state index is 0.144. The van der Waals surface area contributed by atoms with Gasteiger partial charge in [0.2, 0.25) is 0 Å². The van der Waals surface area contributed by atoms with E-state index in [2.05, 4.69) is 99.4 Å². The Morgan fingerprint density at radius 1 is 0.850 bits per heavy atom. The Balaban J connectivity index is 2.07. The molecule has 2 aromatic rings. The average Bonchev–Trinajstić information content (AvgIpc) is 3.17. The summed E-state index contributed by atoms with van der Waals surface area (Å²) in [5, 5.41) is 0. The number of hydrogen-bond acceptors (Lipinski definition) is 1. The molecule has 1 aliphatic rings. The second-order valence-electron chi connectivity index (χ2n) is 5.67. The van der Waals surface area contributed by atoms with Gasteiger partial charge in [-0.05, 0) is 55.9 Å². The van der Waals surface area contributed by atoms with Crippen LogP contribution in [0.2, 0.25) is 0 Å². The zero-order chi connectivity index (χ0) is 14.3. The largest absolute Gasteiger partial charge is 0.305 e. The molecule has 2 aromatic carbocycles.